The minimum absolute atomic E-state index is 0.575. The Morgan fingerprint density at radius 3 is 2.21 bits per heavy atom. The van der Waals surface area contributed by atoms with Crippen LogP contribution < -0.4 is 5.73 Å². The summed E-state index contributed by atoms with van der Waals surface area (Å²) < 4.78 is 4.81. The molecule has 0 spiro atoms. The number of hydrogen-bond donors (Lipinski definition) is 5. The second-order valence-corrected chi connectivity index (χ2v) is 3.15. The van der Waals surface area contributed by atoms with Gasteiger partial charge in [0.05, 0.1) is 6.61 Å². The van der Waals surface area contributed by atoms with Crippen molar-refractivity contribution in [3.05, 3.63) is 0 Å². The van der Waals surface area contributed by atoms with Gasteiger partial charge in [0.1, 0.15) is 24.4 Å². The molecule has 0 aromatic heterocycles. The fraction of sp³-hybridized carbons (Fsp3) is 0.857. The Morgan fingerprint density at radius 1 is 1.21 bits per heavy atom. The largest absolute Gasteiger partial charge is 0.394 e. The maximum absolute atomic E-state index is 10.7. The van der Waals surface area contributed by atoms with E-state index in [-0.39, 0.29) is 0 Å². The quantitative estimate of drug-likeness (QED) is 0.316. The molecule has 0 radical (unpaired) electrons. The molecule has 7 nitrogen and oxygen atoms in total. The van der Waals surface area contributed by atoms with Gasteiger partial charge >= 0.3 is 0 Å². The van der Waals surface area contributed by atoms with Gasteiger partial charge in [-0.25, -0.2) is 0 Å². The van der Waals surface area contributed by atoms with Crippen LogP contribution in [0.3, 0.4) is 0 Å². The lowest BCUT2D eigenvalue weighted by Gasteiger charge is -2.38. The molecule has 1 rings (SSSR count). The first-order chi connectivity index (χ1) is 6.49. The van der Waals surface area contributed by atoms with E-state index in [0.29, 0.717) is 0 Å². The molecule has 14 heavy (non-hydrogen) atoms. The molecule has 5 atom stereocenters. The molecule has 0 saturated carbocycles. The van der Waals surface area contributed by atoms with Crippen LogP contribution >= 0.6 is 0 Å². The van der Waals surface area contributed by atoms with Crippen LogP contribution in [-0.4, -0.2) is 63.5 Å². The highest BCUT2D eigenvalue weighted by atomic mass is 16.5. The summed E-state index contributed by atoms with van der Waals surface area (Å²) in [6.07, 6.45) is -7.11. The van der Waals surface area contributed by atoms with Crippen LogP contribution in [0.2, 0.25) is 0 Å². The van der Waals surface area contributed by atoms with Crippen LogP contribution in [0.15, 0.2) is 0 Å². The predicted molar refractivity (Wildman–Crippen MR) is 43.0 cm³/mol. The van der Waals surface area contributed by atoms with Crippen molar-refractivity contribution < 1.29 is 30.0 Å². The lowest BCUT2D eigenvalue weighted by atomic mass is 9.95. The molecular formula is C7H13NO6. The second kappa shape index (κ2) is 4.20. The van der Waals surface area contributed by atoms with Gasteiger partial charge in [-0.15, -0.1) is 0 Å². The lowest BCUT2D eigenvalue weighted by molar-refractivity contribution is -0.225. The molecule has 1 fully saturated rings. The summed E-state index contributed by atoms with van der Waals surface area (Å²) in [5.74, 6) is -0.957. The summed E-state index contributed by atoms with van der Waals surface area (Å²) in [6.45, 7) is -0.575. The second-order valence-electron chi connectivity index (χ2n) is 3.15. The number of aliphatic hydroxyl groups excluding tert-OH is 4. The smallest absolute Gasteiger partial charge is 0.249 e. The number of rotatable bonds is 2. The normalized spacial score (nSPS) is 43.6. The van der Waals surface area contributed by atoms with E-state index in [4.69, 9.17) is 15.6 Å². The van der Waals surface area contributed by atoms with E-state index in [2.05, 4.69) is 0 Å². The van der Waals surface area contributed by atoms with Crippen molar-refractivity contribution in [1.82, 2.24) is 0 Å². The zero-order valence-electron chi connectivity index (χ0n) is 7.28. The number of carbonyl (C=O) groups is 1. The Bertz CT molecular complexity index is 220. The first-order valence-electron chi connectivity index (χ1n) is 4.09. The van der Waals surface area contributed by atoms with Crippen molar-refractivity contribution in [2.24, 2.45) is 5.73 Å². The van der Waals surface area contributed by atoms with Gasteiger partial charge in [-0.3, -0.25) is 4.79 Å². The summed E-state index contributed by atoms with van der Waals surface area (Å²) in [5.41, 5.74) is 4.88. The standard InChI is InChI=1S/C7H13NO6/c8-7(13)6-5(12)4(11)3(10)2(1-9)14-6/h2-6,9-12H,1H2,(H2,8,13)/t2-,3+,4+,5-,6?/m1/s1. The Labute approximate surface area is 79.7 Å². The van der Waals surface area contributed by atoms with Crippen LogP contribution in [0.4, 0.5) is 0 Å². The minimum Gasteiger partial charge on any atom is -0.394 e. The minimum atomic E-state index is -1.58. The highest BCUT2D eigenvalue weighted by Crippen LogP contribution is 2.20. The third kappa shape index (κ3) is 1.86. The monoisotopic (exact) mass is 207 g/mol. The number of hydrogen-bond acceptors (Lipinski definition) is 6. The Kier molecular flexibility index (Phi) is 3.40. The topological polar surface area (TPSA) is 133 Å². The molecular weight excluding hydrogens is 194 g/mol. The van der Waals surface area contributed by atoms with Crippen molar-refractivity contribution in [2.75, 3.05) is 6.61 Å². The molecule has 1 aliphatic rings. The highest BCUT2D eigenvalue weighted by Gasteiger charge is 2.45. The van der Waals surface area contributed by atoms with Crippen LogP contribution in [0.1, 0.15) is 0 Å². The number of nitrogens with two attached hydrogens (primary N) is 1. The predicted octanol–water partition coefficient (Wildman–Crippen LogP) is -3.69. The van der Waals surface area contributed by atoms with Crippen LogP contribution in [0, 0.1) is 0 Å². The van der Waals surface area contributed by atoms with E-state index in [0.717, 1.165) is 0 Å². The molecule has 0 aromatic carbocycles. The van der Waals surface area contributed by atoms with Gasteiger partial charge < -0.3 is 30.9 Å². The molecule has 1 saturated heterocycles. The average Bonchev–Trinajstić information content (AvgIpc) is 2.14. The average molecular weight is 207 g/mol. The van der Waals surface area contributed by atoms with E-state index in [9.17, 15) is 20.1 Å². The van der Waals surface area contributed by atoms with E-state index >= 15 is 0 Å². The van der Waals surface area contributed by atoms with Gasteiger partial charge in [0.25, 0.3) is 0 Å². The lowest BCUT2D eigenvalue weighted by Crippen LogP contribution is -2.61. The zero-order chi connectivity index (χ0) is 10.9. The summed E-state index contributed by atoms with van der Waals surface area (Å²) in [6, 6.07) is 0. The molecule has 82 valence electrons. The molecule has 6 N–H and O–H groups in total. The molecule has 0 aliphatic carbocycles. The van der Waals surface area contributed by atoms with Crippen molar-refractivity contribution in [2.45, 2.75) is 30.5 Å². The van der Waals surface area contributed by atoms with Gasteiger partial charge in [-0.2, -0.15) is 0 Å². The number of aliphatic hydroxyl groups is 4. The SMILES string of the molecule is NC(=O)C1O[C@H](CO)[C@H](O)[C@H](O)[C@H]1O. The van der Waals surface area contributed by atoms with Crippen molar-refractivity contribution >= 4 is 5.91 Å². The number of amides is 1. The van der Waals surface area contributed by atoms with Gasteiger partial charge in [-0.05, 0) is 0 Å². The number of carbonyl (C=O) groups excluding carboxylic acids is 1. The fourth-order valence-electron chi connectivity index (χ4n) is 1.34. The van der Waals surface area contributed by atoms with E-state index in [1.165, 1.54) is 0 Å². The molecule has 0 aromatic rings. The molecule has 1 aliphatic heterocycles. The Balaban J connectivity index is 2.78. The van der Waals surface area contributed by atoms with Crippen LogP contribution in [0.25, 0.3) is 0 Å². The summed E-state index contributed by atoms with van der Waals surface area (Å²) in [4.78, 5) is 10.7. The van der Waals surface area contributed by atoms with Crippen molar-refractivity contribution in [3.8, 4) is 0 Å². The van der Waals surface area contributed by atoms with Crippen molar-refractivity contribution in [1.29, 1.82) is 0 Å². The number of ether oxygens (including phenoxy) is 1. The van der Waals surface area contributed by atoms with Crippen LogP contribution in [-0.2, 0) is 9.53 Å². The van der Waals surface area contributed by atoms with E-state index in [1.54, 1.807) is 0 Å². The Morgan fingerprint density at radius 2 is 1.79 bits per heavy atom. The third-order valence-electron chi connectivity index (χ3n) is 2.17. The molecule has 7 heteroatoms. The zero-order valence-corrected chi connectivity index (χ0v) is 7.28. The van der Waals surface area contributed by atoms with Gasteiger partial charge in [0, 0.05) is 0 Å². The Hall–Kier alpha value is -0.730. The summed E-state index contributed by atoms with van der Waals surface area (Å²) >= 11 is 0. The maximum Gasteiger partial charge on any atom is 0.249 e. The molecule has 1 heterocycles. The first-order valence-corrected chi connectivity index (χ1v) is 4.09. The highest BCUT2D eigenvalue weighted by molar-refractivity contribution is 5.79. The van der Waals surface area contributed by atoms with E-state index < -0.39 is 43.0 Å². The number of primary amides is 1. The third-order valence-corrected chi connectivity index (χ3v) is 2.17. The van der Waals surface area contributed by atoms with Crippen LogP contribution in [0.5, 0.6) is 0 Å². The molecule has 0 bridgehead atoms. The first kappa shape index (κ1) is 11.3. The van der Waals surface area contributed by atoms with Gasteiger partial charge in [0.15, 0.2) is 6.10 Å². The van der Waals surface area contributed by atoms with Gasteiger partial charge in [-0.1, -0.05) is 0 Å². The molecule has 1 amide bonds. The van der Waals surface area contributed by atoms with E-state index in [1.807, 2.05) is 0 Å². The summed E-state index contributed by atoms with van der Waals surface area (Å²) in [7, 11) is 0. The molecule has 1 unspecified atom stereocenters. The maximum atomic E-state index is 10.7. The van der Waals surface area contributed by atoms with Gasteiger partial charge in [0.2, 0.25) is 5.91 Å². The fourth-order valence-corrected chi connectivity index (χ4v) is 1.34. The summed E-state index contributed by atoms with van der Waals surface area (Å²) in [5, 5.41) is 36.5. The van der Waals surface area contributed by atoms with Crippen molar-refractivity contribution in [3.63, 3.8) is 0 Å².